The zero-order valence-electron chi connectivity index (χ0n) is 6.76. The molecule has 0 spiro atoms. The van der Waals surface area contributed by atoms with Crippen LogP contribution in [0, 0.1) is 0 Å². The number of hydrogen-bond donors (Lipinski definition) is 2. The van der Waals surface area contributed by atoms with Crippen molar-refractivity contribution in [2.45, 2.75) is 6.54 Å². The minimum atomic E-state index is 0.814. The lowest BCUT2D eigenvalue weighted by atomic mass is 10.4. The summed E-state index contributed by atoms with van der Waals surface area (Å²) in [7, 11) is 1.94. The lowest BCUT2D eigenvalue weighted by Gasteiger charge is -2.00. The first kappa shape index (κ1) is 8.30. The molecule has 0 atom stereocenters. The summed E-state index contributed by atoms with van der Waals surface area (Å²) in [6.07, 6.45) is 1.69. The first-order valence-corrected chi connectivity index (χ1v) is 3.81. The monoisotopic (exact) mass is 154 g/mol. The molecule has 3 heteroatoms. The molecule has 3 nitrogen and oxygen atoms in total. The van der Waals surface area contributed by atoms with Crippen molar-refractivity contribution < 1.29 is 4.42 Å². The van der Waals surface area contributed by atoms with E-state index in [1.807, 2.05) is 19.2 Å². The van der Waals surface area contributed by atoms with Gasteiger partial charge >= 0.3 is 0 Å². The average molecular weight is 154 g/mol. The lowest BCUT2D eigenvalue weighted by Crippen LogP contribution is -2.24. The van der Waals surface area contributed by atoms with Crippen LogP contribution < -0.4 is 10.6 Å². The molecule has 0 aliphatic heterocycles. The van der Waals surface area contributed by atoms with Crippen molar-refractivity contribution >= 4 is 0 Å². The molecule has 0 saturated carbocycles. The van der Waals surface area contributed by atoms with Gasteiger partial charge in [0.25, 0.3) is 0 Å². The Bertz CT molecular complexity index is 172. The second-order valence-corrected chi connectivity index (χ2v) is 2.36. The van der Waals surface area contributed by atoms with Crippen LogP contribution in [0.4, 0.5) is 0 Å². The molecule has 0 aliphatic rings. The van der Waals surface area contributed by atoms with Crippen molar-refractivity contribution in [1.29, 1.82) is 0 Å². The minimum Gasteiger partial charge on any atom is -0.468 e. The molecule has 0 fully saturated rings. The summed E-state index contributed by atoms with van der Waals surface area (Å²) >= 11 is 0. The van der Waals surface area contributed by atoms with E-state index in [1.165, 1.54) is 0 Å². The first-order chi connectivity index (χ1) is 5.43. The minimum absolute atomic E-state index is 0.814. The van der Waals surface area contributed by atoms with Gasteiger partial charge < -0.3 is 15.1 Å². The highest BCUT2D eigenvalue weighted by Crippen LogP contribution is 1.97. The van der Waals surface area contributed by atoms with Crippen LogP contribution in [0.2, 0.25) is 0 Å². The summed E-state index contributed by atoms with van der Waals surface area (Å²) in [5, 5.41) is 6.29. The van der Waals surface area contributed by atoms with Crippen molar-refractivity contribution in [2.24, 2.45) is 0 Å². The van der Waals surface area contributed by atoms with Gasteiger partial charge in [0.05, 0.1) is 12.8 Å². The molecule has 0 radical (unpaired) electrons. The predicted molar refractivity (Wildman–Crippen MR) is 44.3 cm³/mol. The van der Waals surface area contributed by atoms with Gasteiger partial charge in [-0.2, -0.15) is 0 Å². The quantitative estimate of drug-likeness (QED) is 0.609. The summed E-state index contributed by atoms with van der Waals surface area (Å²) in [6.45, 7) is 2.77. The van der Waals surface area contributed by atoms with Crippen molar-refractivity contribution in [2.75, 3.05) is 20.1 Å². The van der Waals surface area contributed by atoms with E-state index in [4.69, 9.17) is 4.42 Å². The van der Waals surface area contributed by atoms with Gasteiger partial charge in [0.15, 0.2) is 0 Å². The van der Waals surface area contributed by atoms with Crippen LogP contribution in [0.25, 0.3) is 0 Å². The first-order valence-electron chi connectivity index (χ1n) is 3.81. The molecular formula is C8H14N2O. The normalized spacial score (nSPS) is 10.3. The number of furan rings is 1. The molecule has 0 amide bonds. The largest absolute Gasteiger partial charge is 0.468 e. The Balaban J connectivity index is 2.04. The molecule has 1 rings (SSSR count). The molecule has 0 saturated heterocycles. The van der Waals surface area contributed by atoms with Gasteiger partial charge in [-0.15, -0.1) is 0 Å². The lowest BCUT2D eigenvalue weighted by molar-refractivity contribution is 0.482. The summed E-state index contributed by atoms with van der Waals surface area (Å²) in [4.78, 5) is 0. The van der Waals surface area contributed by atoms with Crippen molar-refractivity contribution in [3.8, 4) is 0 Å². The van der Waals surface area contributed by atoms with Crippen LogP contribution in [0.5, 0.6) is 0 Å². The summed E-state index contributed by atoms with van der Waals surface area (Å²) in [5.41, 5.74) is 0. The fourth-order valence-electron chi connectivity index (χ4n) is 0.838. The van der Waals surface area contributed by atoms with E-state index in [0.717, 1.165) is 25.4 Å². The third-order valence-corrected chi connectivity index (χ3v) is 1.43. The third kappa shape index (κ3) is 3.20. The number of rotatable bonds is 5. The molecule has 2 N–H and O–H groups in total. The fourth-order valence-corrected chi connectivity index (χ4v) is 0.838. The van der Waals surface area contributed by atoms with Crippen molar-refractivity contribution in [3.05, 3.63) is 24.2 Å². The average Bonchev–Trinajstić information content (AvgIpc) is 2.50. The van der Waals surface area contributed by atoms with Crippen molar-refractivity contribution in [3.63, 3.8) is 0 Å². The maximum atomic E-state index is 5.13. The van der Waals surface area contributed by atoms with E-state index in [2.05, 4.69) is 10.6 Å². The summed E-state index contributed by atoms with van der Waals surface area (Å²) < 4.78 is 5.13. The Morgan fingerprint density at radius 1 is 1.45 bits per heavy atom. The van der Waals surface area contributed by atoms with Crippen LogP contribution in [0.1, 0.15) is 5.76 Å². The van der Waals surface area contributed by atoms with E-state index in [0.29, 0.717) is 0 Å². The molecule has 0 aliphatic carbocycles. The number of nitrogens with one attached hydrogen (secondary N) is 2. The summed E-state index contributed by atoms with van der Waals surface area (Å²) in [5.74, 6) is 0.987. The summed E-state index contributed by atoms with van der Waals surface area (Å²) in [6, 6.07) is 3.86. The van der Waals surface area contributed by atoms with Gasteiger partial charge in [0.2, 0.25) is 0 Å². The molecule has 0 aromatic carbocycles. The third-order valence-electron chi connectivity index (χ3n) is 1.43. The Morgan fingerprint density at radius 2 is 2.36 bits per heavy atom. The van der Waals surface area contributed by atoms with Gasteiger partial charge in [-0.3, -0.25) is 0 Å². The number of likely N-dealkylation sites (N-methyl/N-ethyl adjacent to an activating group) is 1. The molecule has 1 aromatic rings. The zero-order valence-corrected chi connectivity index (χ0v) is 6.76. The van der Waals surface area contributed by atoms with Crippen LogP contribution >= 0.6 is 0 Å². The fraction of sp³-hybridized carbons (Fsp3) is 0.500. The molecule has 1 heterocycles. The standard InChI is InChI=1S/C8H14N2O/c1-9-4-5-10-7-8-3-2-6-11-8/h2-3,6,9-10H,4-5,7H2,1H3. The van der Waals surface area contributed by atoms with Gasteiger partial charge in [-0.1, -0.05) is 0 Å². The highest BCUT2D eigenvalue weighted by molar-refractivity contribution is 4.97. The van der Waals surface area contributed by atoms with E-state index < -0.39 is 0 Å². The SMILES string of the molecule is CNCCNCc1ccco1. The topological polar surface area (TPSA) is 37.2 Å². The number of hydrogen-bond acceptors (Lipinski definition) is 3. The second-order valence-electron chi connectivity index (χ2n) is 2.36. The molecule has 0 unspecified atom stereocenters. The van der Waals surface area contributed by atoms with E-state index in [-0.39, 0.29) is 0 Å². The molecular weight excluding hydrogens is 140 g/mol. The smallest absolute Gasteiger partial charge is 0.117 e. The molecule has 0 bridgehead atoms. The zero-order chi connectivity index (χ0) is 7.94. The van der Waals surface area contributed by atoms with Crippen LogP contribution in [0.3, 0.4) is 0 Å². The van der Waals surface area contributed by atoms with Gasteiger partial charge in [-0.05, 0) is 19.2 Å². The Kier molecular flexibility index (Phi) is 3.72. The highest BCUT2D eigenvalue weighted by Gasteiger charge is 1.91. The Labute approximate surface area is 66.8 Å². The second kappa shape index (κ2) is 4.93. The molecule has 1 aromatic heterocycles. The predicted octanol–water partition coefficient (Wildman–Crippen LogP) is 0.589. The Hall–Kier alpha value is -0.800. The van der Waals surface area contributed by atoms with Crippen molar-refractivity contribution in [1.82, 2.24) is 10.6 Å². The van der Waals surface area contributed by atoms with Gasteiger partial charge in [0.1, 0.15) is 5.76 Å². The van der Waals surface area contributed by atoms with Crippen LogP contribution in [-0.2, 0) is 6.54 Å². The van der Waals surface area contributed by atoms with Gasteiger partial charge in [0, 0.05) is 13.1 Å². The Morgan fingerprint density at radius 3 is 3.00 bits per heavy atom. The highest BCUT2D eigenvalue weighted by atomic mass is 16.3. The maximum Gasteiger partial charge on any atom is 0.117 e. The van der Waals surface area contributed by atoms with E-state index in [9.17, 15) is 0 Å². The van der Waals surface area contributed by atoms with Crippen LogP contribution in [-0.4, -0.2) is 20.1 Å². The molecule has 62 valence electrons. The maximum absolute atomic E-state index is 5.13. The van der Waals surface area contributed by atoms with E-state index in [1.54, 1.807) is 6.26 Å². The van der Waals surface area contributed by atoms with Gasteiger partial charge in [-0.25, -0.2) is 0 Å². The van der Waals surface area contributed by atoms with Crippen LogP contribution in [0.15, 0.2) is 22.8 Å². The molecule has 11 heavy (non-hydrogen) atoms. The van der Waals surface area contributed by atoms with E-state index >= 15 is 0 Å².